The average Bonchev–Trinajstić information content (AvgIpc) is 2.94. The van der Waals surface area contributed by atoms with Crippen LogP contribution in [0.5, 0.6) is 0 Å². The first-order valence-electron chi connectivity index (χ1n) is 8.77. The first-order chi connectivity index (χ1) is 12.4. The summed E-state index contributed by atoms with van der Waals surface area (Å²) in [5.41, 5.74) is 2.28. The number of aromatic nitrogens is 1. The molecule has 26 heavy (non-hydrogen) atoms. The maximum Gasteiger partial charge on any atom is 0.319 e. The van der Waals surface area contributed by atoms with Crippen molar-refractivity contribution < 1.29 is 19.1 Å². The average molecular weight is 357 g/mol. The second kappa shape index (κ2) is 7.59. The molecule has 0 unspecified atom stereocenters. The molecule has 1 aromatic carbocycles. The molecule has 0 spiro atoms. The predicted octanol–water partition coefficient (Wildman–Crippen LogP) is 3.72. The van der Waals surface area contributed by atoms with Crippen molar-refractivity contribution in [3.63, 3.8) is 0 Å². The maximum absolute atomic E-state index is 12.2. The fourth-order valence-corrected chi connectivity index (χ4v) is 3.16. The summed E-state index contributed by atoms with van der Waals surface area (Å²) in [6.45, 7) is 3.75. The smallest absolute Gasteiger partial charge is 0.319 e. The topological polar surface area (TPSA) is 104 Å². The molecular formula is C19H23N3O4. The van der Waals surface area contributed by atoms with Gasteiger partial charge in [0.15, 0.2) is 0 Å². The van der Waals surface area contributed by atoms with E-state index in [1.54, 1.807) is 6.07 Å². The minimum Gasteiger partial charge on any atom is -0.481 e. The van der Waals surface area contributed by atoms with Crippen LogP contribution in [-0.2, 0) is 4.79 Å². The molecule has 7 nitrogen and oxygen atoms in total. The Kier molecular flexibility index (Phi) is 5.25. The second-order valence-electron chi connectivity index (χ2n) is 6.73. The summed E-state index contributed by atoms with van der Waals surface area (Å²) in [5.74, 6) is 0.256. The van der Waals surface area contributed by atoms with E-state index in [9.17, 15) is 9.59 Å². The molecule has 0 radical (unpaired) electrons. The molecule has 0 aliphatic heterocycles. The third-order valence-corrected chi connectivity index (χ3v) is 4.81. The molecule has 1 aliphatic rings. The van der Waals surface area contributed by atoms with Crippen molar-refractivity contribution in [2.45, 2.75) is 45.6 Å². The number of aryl methyl sites for hydroxylation is 2. The number of carboxylic acid groups (broad SMARTS) is 1. The van der Waals surface area contributed by atoms with Crippen molar-refractivity contribution >= 4 is 17.7 Å². The number of urea groups is 1. The van der Waals surface area contributed by atoms with Gasteiger partial charge in [-0.2, -0.15) is 0 Å². The molecular weight excluding hydrogens is 334 g/mol. The van der Waals surface area contributed by atoms with Crippen molar-refractivity contribution in [1.29, 1.82) is 0 Å². The lowest BCUT2D eigenvalue weighted by Crippen LogP contribution is -2.40. The third-order valence-electron chi connectivity index (χ3n) is 4.81. The Morgan fingerprint density at radius 1 is 1.19 bits per heavy atom. The van der Waals surface area contributed by atoms with Gasteiger partial charge < -0.3 is 20.2 Å². The number of hydrogen-bond acceptors (Lipinski definition) is 4. The Balaban J connectivity index is 1.58. The molecule has 1 aliphatic carbocycles. The number of aliphatic carboxylic acids is 1. The quantitative estimate of drug-likeness (QED) is 0.773. The van der Waals surface area contributed by atoms with E-state index in [1.807, 2.05) is 32.0 Å². The Bertz CT molecular complexity index is 787. The molecule has 2 aromatic rings. The van der Waals surface area contributed by atoms with E-state index < -0.39 is 5.97 Å². The number of carboxylic acids is 1. The summed E-state index contributed by atoms with van der Waals surface area (Å²) in [6.07, 6.45) is 2.55. The van der Waals surface area contributed by atoms with Crippen molar-refractivity contribution in [1.82, 2.24) is 10.3 Å². The summed E-state index contributed by atoms with van der Waals surface area (Å²) in [4.78, 5) is 27.6. The Hall–Kier alpha value is -2.83. The summed E-state index contributed by atoms with van der Waals surface area (Å²) < 4.78 is 5.62. The van der Waals surface area contributed by atoms with Crippen molar-refractivity contribution in [3.05, 3.63) is 35.7 Å². The number of carbonyl (C=O) groups excluding carboxylic acids is 1. The minimum absolute atomic E-state index is 0.00539. The van der Waals surface area contributed by atoms with E-state index in [0.29, 0.717) is 37.3 Å². The van der Waals surface area contributed by atoms with E-state index >= 15 is 0 Å². The van der Waals surface area contributed by atoms with E-state index in [0.717, 1.165) is 17.0 Å². The van der Waals surface area contributed by atoms with Gasteiger partial charge in [-0.3, -0.25) is 4.79 Å². The summed E-state index contributed by atoms with van der Waals surface area (Å²) in [6, 6.07) is 7.03. The Morgan fingerprint density at radius 3 is 2.54 bits per heavy atom. The van der Waals surface area contributed by atoms with E-state index in [2.05, 4.69) is 15.6 Å². The predicted molar refractivity (Wildman–Crippen MR) is 96.9 cm³/mol. The molecule has 0 saturated heterocycles. The molecule has 0 bridgehead atoms. The highest BCUT2D eigenvalue weighted by Crippen LogP contribution is 2.25. The van der Waals surface area contributed by atoms with Crippen molar-refractivity contribution in [3.8, 4) is 11.5 Å². The van der Waals surface area contributed by atoms with Gasteiger partial charge in [0.25, 0.3) is 0 Å². The fraction of sp³-hybridized carbons (Fsp3) is 0.421. The highest BCUT2D eigenvalue weighted by atomic mass is 16.4. The van der Waals surface area contributed by atoms with Gasteiger partial charge in [0.2, 0.25) is 5.89 Å². The number of hydrogen-bond donors (Lipinski definition) is 3. The van der Waals surface area contributed by atoms with Crippen LogP contribution in [0.1, 0.15) is 37.1 Å². The lowest BCUT2D eigenvalue weighted by Gasteiger charge is -2.26. The first kappa shape index (κ1) is 18.0. The molecule has 3 rings (SSSR count). The summed E-state index contributed by atoms with van der Waals surface area (Å²) in [7, 11) is 0. The number of nitrogens with zero attached hydrogens (tertiary/aromatic N) is 1. The van der Waals surface area contributed by atoms with Crippen LogP contribution in [0.2, 0.25) is 0 Å². The summed E-state index contributed by atoms with van der Waals surface area (Å²) in [5, 5.41) is 14.8. The zero-order valence-corrected chi connectivity index (χ0v) is 14.9. The van der Waals surface area contributed by atoms with Crippen LogP contribution in [0.25, 0.3) is 11.5 Å². The monoisotopic (exact) mass is 357 g/mol. The van der Waals surface area contributed by atoms with Gasteiger partial charge in [0, 0.05) is 17.3 Å². The lowest BCUT2D eigenvalue weighted by molar-refractivity contribution is -0.142. The largest absolute Gasteiger partial charge is 0.481 e. The minimum atomic E-state index is -0.748. The Labute approximate surface area is 151 Å². The number of amides is 2. The van der Waals surface area contributed by atoms with Gasteiger partial charge >= 0.3 is 12.0 Å². The van der Waals surface area contributed by atoms with Crippen LogP contribution in [0, 0.1) is 19.8 Å². The molecule has 0 atom stereocenters. The number of benzene rings is 1. The molecule has 1 fully saturated rings. The van der Waals surface area contributed by atoms with Gasteiger partial charge in [-0.15, -0.1) is 0 Å². The Morgan fingerprint density at radius 2 is 1.92 bits per heavy atom. The highest BCUT2D eigenvalue weighted by Gasteiger charge is 2.26. The fourth-order valence-electron chi connectivity index (χ4n) is 3.16. The number of nitrogens with one attached hydrogen (secondary N) is 2. The van der Waals surface area contributed by atoms with E-state index in [1.165, 1.54) is 0 Å². The number of rotatable bonds is 4. The molecule has 1 heterocycles. The first-order valence-corrected chi connectivity index (χ1v) is 8.77. The van der Waals surface area contributed by atoms with Crippen molar-refractivity contribution in [2.75, 3.05) is 5.32 Å². The van der Waals surface area contributed by atoms with Crippen LogP contribution in [0.15, 0.2) is 28.7 Å². The molecule has 1 aromatic heterocycles. The molecule has 138 valence electrons. The second-order valence-corrected chi connectivity index (χ2v) is 6.73. The molecule has 3 N–H and O–H groups in total. The van der Waals surface area contributed by atoms with Crippen LogP contribution < -0.4 is 10.6 Å². The zero-order valence-electron chi connectivity index (χ0n) is 14.9. The van der Waals surface area contributed by atoms with Gasteiger partial charge in [-0.1, -0.05) is 6.07 Å². The van der Waals surface area contributed by atoms with Crippen LogP contribution in [-0.4, -0.2) is 28.1 Å². The van der Waals surface area contributed by atoms with Gasteiger partial charge in [-0.05, 0) is 57.7 Å². The van der Waals surface area contributed by atoms with Crippen LogP contribution in [0.4, 0.5) is 10.5 Å². The van der Waals surface area contributed by atoms with Gasteiger partial charge in [0.1, 0.15) is 5.76 Å². The van der Waals surface area contributed by atoms with E-state index in [-0.39, 0.29) is 18.0 Å². The molecule has 2 amide bonds. The van der Waals surface area contributed by atoms with Crippen LogP contribution >= 0.6 is 0 Å². The standard InChI is InChI=1S/C19H23N3O4/c1-11-12(2)26-17(20-11)14-4-3-5-16(10-14)22-19(25)21-15-8-6-13(7-9-15)18(23)24/h3-5,10,13,15H,6-9H2,1-2H3,(H,23,24)(H2,21,22,25). The van der Waals surface area contributed by atoms with Crippen molar-refractivity contribution in [2.24, 2.45) is 5.92 Å². The van der Waals surface area contributed by atoms with E-state index in [4.69, 9.17) is 9.52 Å². The van der Waals surface area contributed by atoms with Gasteiger partial charge in [-0.25, -0.2) is 9.78 Å². The molecule has 7 heteroatoms. The lowest BCUT2D eigenvalue weighted by atomic mass is 9.86. The normalized spacial score (nSPS) is 19.8. The highest BCUT2D eigenvalue weighted by molar-refractivity contribution is 5.90. The number of anilines is 1. The SMILES string of the molecule is Cc1nc(-c2cccc(NC(=O)NC3CCC(C(=O)O)CC3)c2)oc1C. The summed E-state index contributed by atoms with van der Waals surface area (Å²) >= 11 is 0. The maximum atomic E-state index is 12.2. The molecule has 1 saturated carbocycles. The van der Waals surface area contributed by atoms with Gasteiger partial charge in [0.05, 0.1) is 11.6 Å². The zero-order chi connectivity index (χ0) is 18.7. The number of oxazole rings is 1. The number of carbonyl (C=O) groups is 2. The third kappa shape index (κ3) is 4.22. The van der Waals surface area contributed by atoms with Crippen LogP contribution in [0.3, 0.4) is 0 Å².